The fourth-order valence-corrected chi connectivity index (χ4v) is 7.60. The Balaban J connectivity index is 1.41. The van der Waals surface area contributed by atoms with Crippen LogP contribution in [0.5, 0.6) is 5.75 Å². The van der Waals surface area contributed by atoms with Crippen LogP contribution in [-0.2, 0) is 29.1 Å². The summed E-state index contributed by atoms with van der Waals surface area (Å²) in [6.07, 6.45) is 3.98. The predicted octanol–water partition coefficient (Wildman–Crippen LogP) is 2.22. The Labute approximate surface area is 266 Å². The highest BCUT2D eigenvalue weighted by molar-refractivity contribution is 6.22. The first-order valence-corrected chi connectivity index (χ1v) is 15.1. The number of aliphatic hydroxyl groups is 2. The van der Waals surface area contributed by atoms with E-state index in [0.29, 0.717) is 18.5 Å². The molecule has 11 heteroatoms. The van der Waals surface area contributed by atoms with E-state index in [9.17, 15) is 29.7 Å². The van der Waals surface area contributed by atoms with Crippen molar-refractivity contribution in [3.63, 3.8) is 0 Å². The number of phenols is 1. The molecule has 11 nitrogen and oxygen atoms in total. The van der Waals surface area contributed by atoms with E-state index >= 15 is 0 Å². The number of nitrogens with two attached hydrogens (primary N) is 2. The van der Waals surface area contributed by atoms with Crippen LogP contribution >= 0.6 is 0 Å². The first-order valence-electron chi connectivity index (χ1n) is 15.1. The minimum absolute atomic E-state index is 0.0479. The van der Waals surface area contributed by atoms with Gasteiger partial charge in [0.1, 0.15) is 17.1 Å². The highest BCUT2D eigenvalue weighted by Crippen LogP contribution is 2.53. The number of allylic oxidation sites excluding steroid dienone is 1. The molecular formula is C35H37N5O6. The van der Waals surface area contributed by atoms with Gasteiger partial charge in [-0.25, -0.2) is 0 Å². The Kier molecular flexibility index (Phi) is 7.79. The quantitative estimate of drug-likeness (QED) is 0.245. The molecule has 0 saturated heterocycles. The second-order valence-electron chi connectivity index (χ2n) is 12.7. The van der Waals surface area contributed by atoms with Crippen LogP contribution in [0, 0.1) is 11.8 Å². The molecule has 0 radical (unpaired) electrons. The molecule has 0 spiro atoms. The fourth-order valence-electron chi connectivity index (χ4n) is 7.60. The number of amides is 1. The lowest BCUT2D eigenvalue weighted by molar-refractivity contribution is -0.134. The summed E-state index contributed by atoms with van der Waals surface area (Å²) in [7, 11) is 5.27. The summed E-state index contributed by atoms with van der Waals surface area (Å²) in [4.78, 5) is 47.8. The van der Waals surface area contributed by atoms with Gasteiger partial charge in [0.05, 0.1) is 17.3 Å². The van der Waals surface area contributed by atoms with Crippen LogP contribution in [-0.4, -0.2) is 80.4 Å². The number of aliphatic hydroxyl groups excluding tert-OH is 1. The average molecular weight is 624 g/mol. The van der Waals surface area contributed by atoms with Crippen LogP contribution in [0.2, 0.25) is 0 Å². The van der Waals surface area contributed by atoms with Gasteiger partial charge in [0.2, 0.25) is 0 Å². The lowest BCUT2D eigenvalue weighted by atomic mass is 9.58. The van der Waals surface area contributed by atoms with E-state index in [1.165, 1.54) is 6.07 Å². The predicted molar refractivity (Wildman–Crippen MR) is 170 cm³/mol. The molecule has 6 rings (SSSR count). The maximum absolute atomic E-state index is 14.2. The lowest BCUT2D eigenvalue weighted by Gasteiger charge is -2.51. The van der Waals surface area contributed by atoms with Gasteiger partial charge >= 0.3 is 0 Å². The number of fused-ring (bicyclic) bond motifs is 3. The number of likely N-dealkylation sites (N-methyl/N-ethyl adjacent to an activating group) is 1. The van der Waals surface area contributed by atoms with E-state index in [0.717, 1.165) is 28.8 Å². The van der Waals surface area contributed by atoms with Gasteiger partial charge < -0.3 is 26.8 Å². The number of hydrogen-bond donors (Lipinski definition) is 5. The van der Waals surface area contributed by atoms with Crippen LogP contribution in [0.1, 0.15) is 33.5 Å². The lowest BCUT2D eigenvalue weighted by Crippen LogP contribution is -2.64. The third kappa shape index (κ3) is 4.87. The summed E-state index contributed by atoms with van der Waals surface area (Å²) >= 11 is 0. The number of ketones is 2. The molecule has 0 unspecified atom stereocenters. The van der Waals surface area contributed by atoms with E-state index in [-0.39, 0.29) is 29.0 Å². The van der Waals surface area contributed by atoms with E-state index in [1.54, 1.807) is 31.3 Å². The number of aromatic nitrogens is 1. The molecule has 0 aliphatic heterocycles. The number of carbonyl (C=O) groups excluding carboxylic acids is 3. The van der Waals surface area contributed by atoms with Crippen molar-refractivity contribution in [1.82, 2.24) is 14.8 Å². The summed E-state index contributed by atoms with van der Waals surface area (Å²) in [5.41, 5.74) is 13.1. The summed E-state index contributed by atoms with van der Waals surface area (Å²) in [6.45, 7) is 1.38. The van der Waals surface area contributed by atoms with Crippen molar-refractivity contribution in [3.8, 4) is 16.9 Å². The van der Waals surface area contributed by atoms with Gasteiger partial charge in [-0.05, 0) is 85.9 Å². The van der Waals surface area contributed by atoms with E-state index in [1.807, 2.05) is 43.6 Å². The van der Waals surface area contributed by atoms with Gasteiger partial charge in [0.15, 0.2) is 17.2 Å². The number of benzene rings is 2. The van der Waals surface area contributed by atoms with Crippen molar-refractivity contribution >= 4 is 17.5 Å². The summed E-state index contributed by atoms with van der Waals surface area (Å²) in [5.74, 6) is -5.17. The highest BCUT2D eigenvalue weighted by atomic mass is 16.3. The summed E-state index contributed by atoms with van der Waals surface area (Å²) < 4.78 is 0. The van der Waals surface area contributed by atoms with Crippen molar-refractivity contribution < 1.29 is 29.7 Å². The Morgan fingerprint density at radius 1 is 1.04 bits per heavy atom. The maximum atomic E-state index is 14.2. The maximum Gasteiger partial charge on any atom is 0.255 e. The van der Waals surface area contributed by atoms with Gasteiger partial charge in [0.25, 0.3) is 5.91 Å². The average Bonchev–Trinajstić information content (AvgIpc) is 2.99. The molecule has 1 amide bonds. The van der Waals surface area contributed by atoms with Gasteiger partial charge in [-0.1, -0.05) is 30.3 Å². The summed E-state index contributed by atoms with van der Waals surface area (Å²) in [6, 6.07) is 14.2. The zero-order valence-corrected chi connectivity index (χ0v) is 25.9. The topological polar surface area (TPSA) is 183 Å². The standard InChI is InChI=1S/C35H37N5O6/c1-39(2)29-24-14-21-13-23-22(20-8-4-6-18(12-20)16-40(3)17-19-7-5-11-38-15-19)9-10-25(41)27(23)30(42)26(21)32(36)35(24,46)33(44)28(31(29)43)34(37)45/h4-12,15,21,24,29,41,44,46H,13-14,16-17,36H2,1-3H3,(H2,37,45)/t21-,24-,29-,35-/m0/s1. The van der Waals surface area contributed by atoms with Crippen LogP contribution < -0.4 is 11.5 Å². The molecule has 3 aliphatic rings. The number of Topliss-reactive ketones (excluding diaryl/α,β-unsaturated/α-hetero) is 2. The van der Waals surface area contributed by atoms with Crippen LogP contribution in [0.25, 0.3) is 11.1 Å². The van der Waals surface area contributed by atoms with E-state index in [2.05, 4.69) is 16.0 Å². The normalized spacial score (nSPS) is 24.3. The Morgan fingerprint density at radius 2 is 1.76 bits per heavy atom. The molecule has 238 valence electrons. The fraction of sp³-hybridized carbons (Fsp3) is 0.314. The number of phenolic OH excluding ortho intramolecular Hbond substituents is 1. The Bertz CT molecular complexity index is 1830. The second-order valence-corrected chi connectivity index (χ2v) is 12.7. The molecular weight excluding hydrogens is 586 g/mol. The number of aromatic hydroxyl groups is 1. The van der Waals surface area contributed by atoms with Crippen molar-refractivity contribution in [2.45, 2.75) is 37.6 Å². The van der Waals surface area contributed by atoms with Crippen molar-refractivity contribution in [1.29, 1.82) is 0 Å². The zero-order chi connectivity index (χ0) is 33.1. The van der Waals surface area contributed by atoms with Crippen molar-refractivity contribution in [2.75, 3.05) is 21.1 Å². The van der Waals surface area contributed by atoms with Crippen molar-refractivity contribution in [3.05, 3.63) is 106 Å². The van der Waals surface area contributed by atoms with Crippen LogP contribution in [0.3, 0.4) is 0 Å². The zero-order valence-electron chi connectivity index (χ0n) is 25.9. The number of carbonyl (C=O) groups is 3. The Hall–Kier alpha value is -4.84. The highest BCUT2D eigenvalue weighted by Gasteiger charge is 2.61. The third-order valence-electron chi connectivity index (χ3n) is 9.56. The number of nitrogens with zero attached hydrogens (tertiary/aromatic N) is 3. The molecule has 46 heavy (non-hydrogen) atoms. The minimum atomic E-state index is -2.38. The van der Waals surface area contributed by atoms with Crippen LogP contribution in [0.4, 0.5) is 0 Å². The van der Waals surface area contributed by atoms with Gasteiger partial charge in [-0.15, -0.1) is 0 Å². The van der Waals surface area contributed by atoms with Crippen LogP contribution in [0.15, 0.2) is 83.5 Å². The van der Waals surface area contributed by atoms with E-state index in [4.69, 9.17) is 11.5 Å². The smallest absolute Gasteiger partial charge is 0.255 e. The van der Waals surface area contributed by atoms with E-state index < -0.39 is 52.3 Å². The first-order chi connectivity index (χ1) is 21.8. The molecule has 7 N–H and O–H groups in total. The first kappa shape index (κ1) is 31.2. The Morgan fingerprint density at radius 3 is 2.43 bits per heavy atom. The van der Waals surface area contributed by atoms with Gasteiger partial charge in [-0.2, -0.15) is 0 Å². The minimum Gasteiger partial charge on any atom is -0.508 e. The molecule has 4 atom stereocenters. The third-order valence-corrected chi connectivity index (χ3v) is 9.56. The largest absolute Gasteiger partial charge is 0.508 e. The molecule has 0 fully saturated rings. The molecule has 3 aliphatic carbocycles. The molecule has 1 heterocycles. The summed E-state index contributed by atoms with van der Waals surface area (Å²) in [5, 5.41) is 34.1. The van der Waals surface area contributed by atoms with Crippen molar-refractivity contribution in [2.24, 2.45) is 23.3 Å². The number of pyridine rings is 1. The molecule has 0 saturated carbocycles. The number of rotatable bonds is 7. The monoisotopic (exact) mass is 623 g/mol. The molecule has 3 aromatic rings. The van der Waals surface area contributed by atoms with Gasteiger partial charge in [0, 0.05) is 37.0 Å². The molecule has 2 aromatic carbocycles. The van der Waals surface area contributed by atoms with Gasteiger partial charge in [-0.3, -0.25) is 29.2 Å². The second kappa shape index (κ2) is 11.5. The molecule has 0 bridgehead atoms. The number of hydrogen-bond acceptors (Lipinski definition) is 10. The molecule has 1 aromatic heterocycles. The SMILES string of the molecule is CN(Cc1cccnc1)Cc1cccc(-c2ccc(O)c3c2C[C@H]2C[C@H]4[C@H](N(C)C)C(=O)C(C(N)=O)=C(O)[C@@]4(O)C(N)=C2C3=O)c1. The number of primary amides is 1.